The molecule has 0 spiro atoms. The molecule has 0 amide bonds. The van der Waals surface area contributed by atoms with Crippen LogP contribution in [-0.2, 0) is 0 Å². The number of rotatable bonds is 5. The fourth-order valence-electron chi connectivity index (χ4n) is 7.65. The van der Waals surface area contributed by atoms with Crippen molar-refractivity contribution in [2.24, 2.45) is 0 Å². The van der Waals surface area contributed by atoms with E-state index in [1.807, 2.05) is 36.4 Å². The summed E-state index contributed by atoms with van der Waals surface area (Å²) in [6.45, 7) is 0. The number of para-hydroxylation sites is 3. The molecule has 4 heterocycles. The van der Waals surface area contributed by atoms with Crippen LogP contribution in [0.1, 0.15) is 11.8 Å². The third-order valence-corrected chi connectivity index (χ3v) is 11.4. The molecule has 11 rings (SSSR count). The molecule has 7 heteroatoms. The van der Waals surface area contributed by atoms with Crippen molar-refractivity contribution in [1.29, 1.82) is 0 Å². The molecule has 1 atom stereocenters. The molecule has 10 aromatic rings. The van der Waals surface area contributed by atoms with Crippen LogP contribution in [0.15, 0.2) is 164 Å². The number of benzene rings is 7. The van der Waals surface area contributed by atoms with Crippen LogP contribution < -0.4 is 10.1 Å². The molecule has 3 aromatic heterocycles. The summed E-state index contributed by atoms with van der Waals surface area (Å²) in [7, 11) is 0. The lowest BCUT2D eigenvalue weighted by Crippen LogP contribution is -2.10. The maximum Gasteiger partial charge on any atom is 0.238 e. The predicted octanol–water partition coefficient (Wildman–Crippen LogP) is 11.8. The third-order valence-electron chi connectivity index (χ3n) is 10.1. The predicted molar refractivity (Wildman–Crippen MR) is 217 cm³/mol. The minimum Gasteiger partial charge on any atom is -0.464 e. The highest BCUT2D eigenvalue weighted by Crippen LogP contribution is 2.45. The first-order valence-electron chi connectivity index (χ1n) is 17.6. The second-order valence-electron chi connectivity index (χ2n) is 13.2. The van der Waals surface area contributed by atoms with Crippen molar-refractivity contribution in [3.63, 3.8) is 0 Å². The maximum atomic E-state index is 6.40. The summed E-state index contributed by atoms with van der Waals surface area (Å²) in [5.41, 5.74) is 8.43. The monoisotopic (exact) mass is 699 g/mol. The number of thiophene rings is 1. The number of anilines is 1. The molecular weight excluding hydrogens is 671 g/mol. The Balaban J connectivity index is 1.13. The SMILES string of the molecule is c1ccc(-c2ccc3c(c2)c2ccccc2n3-c2nc(-c3ccccc3)nc(-c3cccc4c3sc3c(C5Nc6ccccc6O5)cccc34)n2)cc1. The molecule has 1 unspecified atom stereocenters. The van der Waals surface area contributed by atoms with E-state index in [4.69, 9.17) is 19.7 Å². The summed E-state index contributed by atoms with van der Waals surface area (Å²) >= 11 is 1.76. The molecule has 7 aromatic carbocycles. The summed E-state index contributed by atoms with van der Waals surface area (Å²) in [5, 5.41) is 8.21. The Bertz CT molecular complexity index is 3000. The number of fused-ring (bicyclic) bond motifs is 7. The fourth-order valence-corrected chi connectivity index (χ4v) is 8.99. The molecule has 0 fully saturated rings. The van der Waals surface area contributed by atoms with E-state index in [0.717, 1.165) is 60.0 Å². The lowest BCUT2D eigenvalue weighted by molar-refractivity contribution is 0.261. The lowest BCUT2D eigenvalue weighted by atomic mass is 10.0. The van der Waals surface area contributed by atoms with Crippen LogP contribution in [0.25, 0.3) is 81.8 Å². The number of hydrogen-bond donors (Lipinski definition) is 1. The van der Waals surface area contributed by atoms with E-state index in [2.05, 4.69) is 137 Å². The van der Waals surface area contributed by atoms with Crippen molar-refractivity contribution in [3.05, 3.63) is 169 Å². The van der Waals surface area contributed by atoms with E-state index < -0.39 is 0 Å². The minimum atomic E-state index is -0.279. The highest BCUT2D eigenvalue weighted by Gasteiger charge is 2.26. The van der Waals surface area contributed by atoms with E-state index in [-0.39, 0.29) is 6.23 Å². The zero-order valence-electron chi connectivity index (χ0n) is 28.3. The molecule has 250 valence electrons. The zero-order chi connectivity index (χ0) is 34.9. The number of ether oxygens (including phenoxy) is 1. The van der Waals surface area contributed by atoms with Gasteiger partial charge in [-0.05, 0) is 47.5 Å². The summed E-state index contributed by atoms with van der Waals surface area (Å²) < 4.78 is 10.9. The van der Waals surface area contributed by atoms with Gasteiger partial charge in [0.05, 0.1) is 16.7 Å². The molecule has 1 N–H and O–H groups in total. The van der Waals surface area contributed by atoms with E-state index in [1.165, 1.54) is 21.2 Å². The van der Waals surface area contributed by atoms with Crippen molar-refractivity contribution in [3.8, 4) is 45.6 Å². The van der Waals surface area contributed by atoms with Gasteiger partial charge in [0.25, 0.3) is 0 Å². The molecule has 1 aliphatic heterocycles. The van der Waals surface area contributed by atoms with Crippen molar-refractivity contribution in [1.82, 2.24) is 19.5 Å². The number of nitrogens with one attached hydrogen (secondary N) is 1. The minimum absolute atomic E-state index is 0.279. The zero-order valence-corrected chi connectivity index (χ0v) is 29.1. The molecule has 53 heavy (non-hydrogen) atoms. The fraction of sp³-hybridized carbons (Fsp3) is 0.0217. The first-order chi connectivity index (χ1) is 26.3. The molecule has 0 aliphatic carbocycles. The van der Waals surface area contributed by atoms with E-state index in [9.17, 15) is 0 Å². The van der Waals surface area contributed by atoms with Gasteiger partial charge in [-0.15, -0.1) is 11.3 Å². The van der Waals surface area contributed by atoms with Crippen molar-refractivity contribution in [2.45, 2.75) is 6.23 Å². The van der Waals surface area contributed by atoms with Crippen LogP contribution in [0.4, 0.5) is 5.69 Å². The van der Waals surface area contributed by atoms with Gasteiger partial charge in [0.1, 0.15) is 5.75 Å². The molecule has 0 saturated heterocycles. The van der Waals surface area contributed by atoms with Crippen molar-refractivity contribution in [2.75, 3.05) is 5.32 Å². The summed E-state index contributed by atoms with van der Waals surface area (Å²) in [6, 6.07) is 56.8. The standard InChI is InChI=1S/C46H29N5OS/c1-3-13-28(14-4-1)30-25-26-39-36(27-30)31-17-7-9-23-38(31)51(39)46-49-43(29-15-5-2-6-16-29)48-44(50-46)34-20-11-18-32-33-19-12-21-35(42(33)53-41(32)34)45-47-37-22-8-10-24-40(37)52-45/h1-27,45,47H. The van der Waals surface area contributed by atoms with Gasteiger partial charge in [-0.3, -0.25) is 4.57 Å². The van der Waals surface area contributed by atoms with Gasteiger partial charge in [-0.1, -0.05) is 127 Å². The highest BCUT2D eigenvalue weighted by atomic mass is 32.1. The average molecular weight is 700 g/mol. The van der Waals surface area contributed by atoms with Crippen molar-refractivity contribution < 1.29 is 4.74 Å². The molecule has 0 bridgehead atoms. The van der Waals surface area contributed by atoms with Crippen molar-refractivity contribution >= 4 is 59.0 Å². The number of hydrogen-bond acceptors (Lipinski definition) is 6. The molecule has 1 aliphatic rings. The Kier molecular flexibility index (Phi) is 6.69. The number of nitrogens with zero attached hydrogens (tertiary/aromatic N) is 4. The van der Waals surface area contributed by atoms with Gasteiger partial charge in [0.2, 0.25) is 5.95 Å². The van der Waals surface area contributed by atoms with Crippen LogP contribution >= 0.6 is 11.3 Å². The number of aromatic nitrogens is 4. The Labute approximate surface area is 308 Å². The van der Waals surface area contributed by atoms with Gasteiger partial charge in [0.15, 0.2) is 17.9 Å². The van der Waals surface area contributed by atoms with E-state index in [0.29, 0.717) is 17.6 Å². The summed E-state index contributed by atoms with van der Waals surface area (Å²) in [6.07, 6.45) is -0.279. The Morgan fingerprint density at radius 1 is 0.509 bits per heavy atom. The van der Waals surface area contributed by atoms with Gasteiger partial charge in [-0.2, -0.15) is 9.97 Å². The molecule has 0 saturated carbocycles. The first kappa shape index (κ1) is 29.9. The average Bonchev–Trinajstić information content (AvgIpc) is 3.93. The molecule has 0 radical (unpaired) electrons. The Hall–Kier alpha value is -6.83. The second-order valence-corrected chi connectivity index (χ2v) is 14.3. The Morgan fingerprint density at radius 2 is 1.19 bits per heavy atom. The van der Waals surface area contributed by atoms with Gasteiger partial charge < -0.3 is 10.1 Å². The molecule has 6 nitrogen and oxygen atoms in total. The van der Waals surface area contributed by atoms with E-state index >= 15 is 0 Å². The third kappa shape index (κ3) is 4.82. The maximum absolute atomic E-state index is 6.40. The van der Waals surface area contributed by atoms with Gasteiger partial charge >= 0.3 is 0 Å². The van der Waals surface area contributed by atoms with Crippen LogP contribution in [0.5, 0.6) is 5.75 Å². The summed E-state index contributed by atoms with van der Waals surface area (Å²) in [4.78, 5) is 15.7. The first-order valence-corrected chi connectivity index (χ1v) is 18.5. The van der Waals surface area contributed by atoms with Gasteiger partial charge in [0, 0.05) is 47.6 Å². The normalized spacial score (nSPS) is 13.8. The van der Waals surface area contributed by atoms with Crippen LogP contribution in [-0.4, -0.2) is 19.5 Å². The highest BCUT2D eigenvalue weighted by molar-refractivity contribution is 7.26. The quantitative estimate of drug-likeness (QED) is 0.194. The lowest BCUT2D eigenvalue weighted by Gasteiger charge is -2.12. The Morgan fingerprint density at radius 3 is 2.04 bits per heavy atom. The second kappa shape index (κ2) is 11.9. The van der Waals surface area contributed by atoms with Gasteiger partial charge in [-0.25, -0.2) is 4.98 Å². The summed E-state index contributed by atoms with van der Waals surface area (Å²) in [5.74, 6) is 2.69. The van der Waals surface area contributed by atoms with Crippen LogP contribution in [0.3, 0.4) is 0 Å². The van der Waals surface area contributed by atoms with E-state index in [1.54, 1.807) is 11.3 Å². The smallest absolute Gasteiger partial charge is 0.238 e. The molecular formula is C46H29N5OS. The van der Waals surface area contributed by atoms with Crippen LogP contribution in [0, 0.1) is 0 Å². The largest absolute Gasteiger partial charge is 0.464 e. The van der Waals surface area contributed by atoms with Crippen LogP contribution in [0.2, 0.25) is 0 Å². The topological polar surface area (TPSA) is 64.9 Å².